The molecule has 3 atom stereocenters. The Balaban J connectivity index is 2.02. The summed E-state index contributed by atoms with van der Waals surface area (Å²) in [6, 6.07) is 12.5. The van der Waals surface area contributed by atoms with Crippen LogP contribution in [0.4, 0.5) is 5.69 Å². The summed E-state index contributed by atoms with van der Waals surface area (Å²) in [5, 5.41) is 7.28. The lowest BCUT2D eigenvalue weighted by molar-refractivity contribution is -0.130. The summed E-state index contributed by atoms with van der Waals surface area (Å²) in [4.78, 5) is 26.4. The Morgan fingerprint density at radius 2 is 1.93 bits per heavy atom. The molecule has 2 aromatic rings. The lowest BCUT2D eigenvalue weighted by atomic mass is 9.59. The summed E-state index contributed by atoms with van der Waals surface area (Å²) >= 11 is 12.5. The minimum atomic E-state index is -0.976. The number of fused-ring (bicyclic) bond motifs is 2. The highest BCUT2D eigenvalue weighted by atomic mass is 35.5. The number of allylic oxidation sites excluding steroid dienone is 1. The van der Waals surface area contributed by atoms with Crippen LogP contribution in [0.15, 0.2) is 54.1 Å². The monoisotopic (exact) mass is 428 g/mol. The number of hydrogen-bond donors (Lipinski definition) is 2. The zero-order chi connectivity index (χ0) is 20.8. The van der Waals surface area contributed by atoms with Gasteiger partial charge in [-0.1, -0.05) is 60.0 Å². The van der Waals surface area contributed by atoms with Gasteiger partial charge in [-0.2, -0.15) is 0 Å². The normalized spacial score (nSPS) is 26.3. The number of benzene rings is 2. The standard InChI is InChI=1S/C23H22Cl2N2O2/c1-3-13(4-2)21-23(17-9-8-16(25)11-19(17)26-22(23)29)18(12-20(28)27-21)14-6-5-7-15(24)10-14/h3,5-11,18,21H,4,12H2,1-2H3,(H,26,29)(H,27,28)/t18-,21+,23-/m0/s1. The van der Waals surface area contributed by atoms with Gasteiger partial charge in [0.05, 0.1) is 6.04 Å². The van der Waals surface area contributed by atoms with Crippen molar-refractivity contribution in [3.8, 4) is 0 Å². The topological polar surface area (TPSA) is 58.2 Å². The molecule has 0 unspecified atom stereocenters. The van der Waals surface area contributed by atoms with Crippen LogP contribution in [0.1, 0.15) is 43.7 Å². The van der Waals surface area contributed by atoms with E-state index in [1.807, 2.05) is 44.2 Å². The Labute approximate surface area is 180 Å². The van der Waals surface area contributed by atoms with E-state index in [-0.39, 0.29) is 24.2 Å². The molecule has 1 saturated heterocycles. The number of rotatable bonds is 3. The Bertz CT molecular complexity index is 1030. The molecule has 2 N–H and O–H groups in total. The Hall–Kier alpha value is -2.30. The highest BCUT2D eigenvalue weighted by molar-refractivity contribution is 6.31. The zero-order valence-electron chi connectivity index (χ0n) is 16.3. The molecule has 0 saturated carbocycles. The number of amides is 2. The van der Waals surface area contributed by atoms with Crippen molar-refractivity contribution in [2.75, 3.05) is 5.32 Å². The van der Waals surface area contributed by atoms with E-state index in [0.717, 1.165) is 23.1 Å². The molecule has 2 aliphatic heterocycles. The fourth-order valence-electron chi connectivity index (χ4n) is 4.91. The van der Waals surface area contributed by atoms with Gasteiger partial charge in [0.1, 0.15) is 5.41 Å². The first-order chi connectivity index (χ1) is 13.9. The van der Waals surface area contributed by atoms with Crippen molar-refractivity contribution >= 4 is 40.7 Å². The number of nitrogens with one attached hydrogen (secondary N) is 2. The molecule has 2 amide bonds. The van der Waals surface area contributed by atoms with E-state index in [1.54, 1.807) is 18.2 Å². The summed E-state index contributed by atoms with van der Waals surface area (Å²) < 4.78 is 0. The summed E-state index contributed by atoms with van der Waals surface area (Å²) in [5.74, 6) is -0.560. The molecule has 4 nitrogen and oxygen atoms in total. The molecule has 0 bridgehead atoms. The molecule has 2 aliphatic rings. The Morgan fingerprint density at radius 3 is 2.62 bits per heavy atom. The molecule has 150 valence electrons. The number of halogens is 2. The fourth-order valence-corrected chi connectivity index (χ4v) is 5.28. The molecule has 0 radical (unpaired) electrons. The van der Waals surface area contributed by atoms with Crippen molar-refractivity contribution in [2.45, 2.75) is 44.1 Å². The summed E-state index contributed by atoms with van der Waals surface area (Å²) in [6.07, 6.45) is 2.92. The second-order valence-corrected chi connectivity index (χ2v) is 8.42. The predicted octanol–water partition coefficient (Wildman–Crippen LogP) is 5.21. The SMILES string of the molecule is CC=C(CC)[C@H]1NC(=O)C[C@@H](c2cccc(Cl)c2)[C@]12C(=O)Nc1cc(Cl)ccc12. The van der Waals surface area contributed by atoms with E-state index in [1.165, 1.54) is 0 Å². The molecule has 2 aromatic carbocycles. The van der Waals surface area contributed by atoms with Gasteiger partial charge in [0.15, 0.2) is 0 Å². The highest BCUT2D eigenvalue weighted by Crippen LogP contribution is 2.54. The third-order valence-electron chi connectivity index (χ3n) is 6.15. The smallest absolute Gasteiger partial charge is 0.238 e. The summed E-state index contributed by atoms with van der Waals surface area (Å²) in [5.41, 5.74) is 2.47. The van der Waals surface area contributed by atoms with Gasteiger partial charge in [-0.15, -0.1) is 0 Å². The quantitative estimate of drug-likeness (QED) is 0.658. The average Bonchev–Trinajstić information content (AvgIpc) is 2.96. The molecule has 0 aromatic heterocycles. The van der Waals surface area contributed by atoms with Gasteiger partial charge in [0.25, 0.3) is 0 Å². The zero-order valence-corrected chi connectivity index (χ0v) is 17.8. The van der Waals surface area contributed by atoms with Crippen molar-refractivity contribution in [2.24, 2.45) is 0 Å². The van der Waals surface area contributed by atoms with Gasteiger partial charge >= 0.3 is 0 Å². The van der Waals surface area contributed by atoms with Crippen LogP contribution in [0, 0.1) is 0 Å². The van der Waals surface area contributed by atoms with Crippen molar-refractivity contribution in [1.82, 2.24) is 5.32 Å². The molecule has 29 heavy (non-hydrogen) atoms. The number of hydrogen-bond acceptors (Lipinski definition) is 2. The number of carbonyl (C=O) groups excluding carboxylic acids is 2. The van der Waals surface area contributed by atoms with Gasteiger partial charge in [0, 0.05) is 28.1 Å². The maximum atomic E-state index is 13.7. The minimum Gasteiger partial charge on any atom is -0.348 e. The van der Waals surface area contributed by atoms with Gasteiger partial charge in [-0.25, -0.2) is 0 Å². The molecular formula is C23H22Cl2N2O2. The van der Waals surface area contributed by atoms with Crippen LogP contribution in [0.2, 0.25) is 10.0 Å². The van der Waals surface area contributed by atoms with Crippen LogP contribution in [0.3, 0.4) is 0 Å². The van der Waals surface area contributed by atoms with E-state index in [0.29, 0.717) is 15.7 Å². The van der Waals surface area contributed by atoms with E-state index >= 15 is 0 Å². The largest absolute Gasteiger partial charge is 0.348 e. The molecule has 1 fully saturated rings. The first-order valence-corrected chi connectivity index (χ1v) is 10.5. The van der Waals surface area contributed by atoms with E-state index in [9.17, 15) is 9.59 Å². The Morgan fingerprint density at radius 1 is 1.17 bits per heavy atom. The van der Waals surface area contributed by atoms with Crippen molar-refractivity contribution in [3.63, 3.8) is 0 Å². The van der Waals surface area contributed by atoms with Crippen LogP contribution in [-0.4, -0.2) is 17.9 Å². The highest BCUT2D eigenvalue weighted by Gasteiger charge is 2.61. The van der Waals surface area contributed by atoms with Crippen LogP contribution in [-0.2, 0) is 15.0 Å². The molecule has 1 spiro atoms. The Kier molecular flexibility index (Phi) is 5.18. The van der Waals surface area contributed by atoms with E-state index < -0.39 is 11.5 Å². The summed E-state index contributed by atoms with van der Waals surface area (Å²) in [6.45, 7) is 3.98. The first-order valence-electron chi connectivity index (χ1n) is 9.73. The molecule has 6 heteroatoms. The van der Waals surface area contributed by atoms with Gasteiger partial charge in [0.2, 0.25) is 11.8 Å². The maximum absolute atomic E-state index is 13.7. The van der Waals surface area contributed by atoms with Gasteiger partial charge in [-0.05, 0) is 48.7 Å². The number of anilines is 1. The molecule has 4 rings (SSSR count). The maximum Gasteiger partial charge on any atom is 0.238 e. The van der Waals surface area contributed by atoms with Crippen LogP contribution in [0.25, 0.3) is 0 Å². The van der Waals surface area contributed by atoms with E-state index in [2.05, 4.69) is 10.6 Å². The lowest BCUT2D eigenvalue weighted by Gasteiger charge is -2.47. The fraction of sp³-hybridized carbons (Fsp3) is 0.304. The van der Waals surface area contributed by atoms with Crippen molar-refractivity contribution in [1.29, 1.82) is 0 Å². The molecule has 2 heterocycles. The first kappa shape index (κ1) is 20.0. The third-order valence-corrected chi connectivity index (χ3v) is 6.62. The number of carbonyl (C=O) groups is 2. The number of piperidine rings is 1. The molecular weight excluding hydrogens is 407 g/mol. The van der Waals surface area contributed by atoms with Crippen molar-refractivity contribution in [3.05, 3.63) is 75.3 Å². The summed E-state index contributed by atoms with van der Waals surface area (Å²) in [7, 11) is 0. The average molecular weight is 429 g/mol. The lowest BCUT2D eigenvalue weighted by Crippen LogP contribution is -2.62. The van der Waals surface area contributed by atoms with Crippen LogP contribution < -0.4 is 10.6 Å². The second-order valence-electron chi connectivity index (χ2n) is 7.54. The van der Waals surface area contributed by atoms with Crippen LogP contribution >= 0.6 is 23.2 Å². The van der Waals surface area contributed by atoms with Crippen LogP contribution in [0.5, 0.6) is 0 Å². The second kappa shape index (κ2) is 7.51. The van der Waals surface area contributed by atoms with Gasteiger partial charge < -0.3 is 10.6 Å². The molecule has 0 aliphatic carbocycles. The predicted molar refractivity (Wildman–Crippen MR) is 117 cm³/mol. The van der Waals surface area contributed by atoms with E-state index in [4.69, 9.17) is 23.2 Å². The van der Waals surface area contributed by atoms with Crippen molar-refractivity contribution < 1.29 is 9.59 Å². The third kappa shape index (κ3) is 3.06. The van der Waals surface area contributed by atoms with Gasteiger partial charge in [-0.3, -0.25) is 9.59 Å². The minimum absolute atomic E-state index is 0.0754.